The van der Waals surface area contributed by atoms with Gasteiger partial charge in [-0.3, -0.25) is 0 Å². The Morgan fingerprint density at radius 1 is 0.927 bits per heavy atom. The predicted octanol–water partition coefficient (Wildman–Crippen LogP) is 6.27. The standard InChI is InChI=1S/C30H37FN7O2P/c1-39-41(40-2)27-9-5-4-8-25(27)34-29-23-12-15-32-28(23)35-30(36-29)33-21-10-11-26(24(31)20-21)38-18-13-22(14-19-38)37-16-6-3-7-17-37/h4-5,8-12,15,20,22H,3,6-7,13-14,16-19H2,1-2H3,(H3,32,33,34,35,36). The molecule has 6 rings (SSSR count). The van der Waals surface area contributed by atoms with Crippen LogP contribution in [0.1, 0.15) is 32.1 Å². The van der Waals surface area contributed by atoms with E-state index in [1.54, 1.807) is 14.2 Å². The third kappa shape index (κ3) is 6.16. The Kier molecular flexibility index (Phi) is 8.62. The van der Waals surface area contributed by atoms with Gasteiger partial charge >= 0.3 is 0 Å². The van der Waals surface area contributed by atoms with Gasteiger partial charge in [0.2, 0.25) is 14.3 Å². The molecule has 11 heteroatoms. The molecule has 2 fully saturated rings. The maximum atomic E-state index is 15.4. The molecule has 216 valence electrons. The van der Waals surface area contributed by atoms with Crippen LogP contribution in [0.25, 0.3) is 11.0 Å². The van der Waals surface area contributed by atoms with E-state index in [1.165, 1.54) is 38.4 Å². The maximum Gasteiger partial charge on any atom is 0.231 e. The summed E-state index contributed by atoms with van der Waals surface area (Å²) < 4.78 is 26.5. The molecular weight excluding hydrogens is 540 g/mol. The molecule has 0 bridgehead atoms. The summed E-state index contributed by atoms with van der Waals surface area (Å²) in [5, 5.41) is 8.37. The van der Waals surface area contributed by atoms with Gasteiger partial charge in [0, 0.05) is 45.2 Å². The number of benzene rings is 2. The summed E-state index contributed by atoms with van der Waals surface area (Å²) in [6.07, 6.45) is 7.94. The summed E-state index contributed by atoms with van der Waals surface area (Å²) in [7, 11) is 2.02. The monoisotopic (exact) mass is 577 g/mol. The molecule has 2 aliphatic rings. The van der Waals surface area contributed by atoms with Crippen LogP contribution in [0.15, 0.2) is 54.7 Å². The molecule has 3 N–H and O–H groups in total. The highest BCUT2D eigenvalue weighted by molar-refractivity contribution is 7.56. The molecule has 0 unspecified atom stereocenters. The molecule has 0 aliphatic carbocycles. The second kappa shape index (κ2) is 12.7. The minimum Gasteiger partial charge on any atom is -0.369 e. The van der Waals surface area contributed by atoms with Gasteiger partial charge in [-0.2, -0.15) is 9.97 Å². The molecule has 2 aliphatic heterocycles. The van der Waals surface area contributed by atoms with Crippen LogP contribution in [0, 0.1) is 5.82 Å². The van der Waals surface area contributed by atoms with E-state index in [0.717, 1.165) is 42.3 Å². The van der Waals surface area contributed by atoms with Crippen LogP contribution in [-0.2, 0) is 9.05 Å². The Morgan fingerprint density at radius 3 is 2.46 bits per heavy atom. The fraction of sp³-hybridized carbons (Fsp3) is 0.400. The number of aromatic amines is 1. The molecular formula is C30H37FN7O2P. The van der Waals surface area contributed by atoms with E-state index in [0.29, 0.717) is 34.8 Å². The molecule has 4 aromatic rings. The highest BCUT2D eigenvalue weighted by Gasteiger charge is 2.27. The van der Waals surface area contributed by atoms with Crippen LogP contribution in [0.5, 0.6) is 0 Å². The number of nitrogens with zero attached hydrogens (tertiary/aromatic N) is 4. The number of anilines is 5. The Hall–Kier alpha value is -3.30. The number of likely N-dealkylation sites (tertiary alicyclic amines) is 1. The number of hydrogen-bond donors (Lipinski definition) is 3. The number of aromatic nitrogens is 3. The first kappa shape index (κ1) is 27.8. The molecule has 2 saturated heterocycles. The van der Waals surface area contributed by atoms with Crippen molar-refractivity contribution < 1.29 is 13.4 Å². The van der Waals surface area contributed by atoms with Crippen molar-refractivity contribution in [3.63, 3.8) is 0 Å². The van der Waals surface area contributed by atoms with Gasteiger partial charge in [0.05, 0.1) is 22.1 Å². The van der Waals surface area contributed by atoms with Crippen molar-refractivity contribution in [3.05, 3.63) is 60.5 Å². The maximum absolute atomic E-state index is 15.4. The van der Waals surface area contributed by atoms with E-state index in [9.17, 15) is 0 Å². The Morgan fingerprint density at radius 2 is 1.71 bits per heavy atom. The summed E-state index contributed by atoms with van der Waals surface area (Å²) in [6, 6.07) is 15.6. The van der Waals surface area contributed by atoms with Crippen LogP contribution in [-0.4, -0.2) is 66.3 Å². The zero-order valence-corrected chi connectivity index (χ0v) is 24.5. The van der Waals surface area contributed by atoms with Gasteiger partial charge in [-0.05, 0) is 75.2 Å². The third-order valence-electron chi connectivity index (χ3n) is 8.02. The lowest BCUT2D eigenvalue weighted by atomic mass is 9.99. The summed E-state index contributed by atoms with van der Waals surface area (Å²) in [6.45, 7) is 4.17. The van der Waals surface area contributed by atoms with E-state index < -0.39 is 8.38 Å². The molecule has 4 heterocycles. The highest BCUT2D eigenvalue weighted by atomic mass is 31.2. The van der Waals surface area contributed by atoms with Gasteiger partial charge in [-0.25, -0.2) is 4.39 Å². The second-order valence-corrected chi connectivity index (χ2v) is 12.2. The topological polar surface area (TPSA) is 90.6 Å². The van der Waals surface area contributed by atoms with Crippen molar-refractivity contribution in [3.8, 4) is 0 Å². The summed E-state index contributed by atoms with van der Waals surface area (Å²) in [5.41, 5.74) is 2.74. The van der Waals surface area contributed by atoms with Crippen molar-refractivity contribution in [2.45, 2.75) is 38.1 Å². The van der Waals surface area contributed by atoms with Crippen molar-refractivity contribution in [1.29, 1.82) is 0 Å². The first-order valence-corrected chi connectivity index (χ1v) is 15.5. The van der Waals surface area contributed by atoms with E-state index in [4.69, 9.17) is 14.0 Å². The Bertz CT molecular complexity index is 1470. The van der Waals surface area contributed by atoms with Crippen LogP contribution in [0.4, 0.5) is 33.2 Å². The lowest BCUT2D eigenvalue weighted by Crippen LogP contribution is -2.46. The highest BCUT2D eigenvalue weighted by Crippen LogP contribution is 2.38. The van der Waals surface area contributed by atoms with E-state index in [1.807, 2.05) is 48.7 Å². The molecule has 0 amide bonds. The van der Waals surface area contributed by atoms with Crippen molar-refractivity contribution >= 4 is 53.5 Å². The van der Waals surface area contributed by atoms with Gasteiger partial charge in [0.1, 0.15) is 17.3 Å². The number of piperidine rings is 2. The lowest BCUT2D eigenvalue weighted by Gasteiger charge is -2.41. The lowest BCUT2D eigenvalue weighted by molar-refractivity contribution is 0.141. The van der Waals surface area contributed by atoms with E-state index in [-0.39, 0.29) is 5.82 Å². The third-order valence-corrected chi connectivity index (χ3v) is 9.46. The Labute approximate surface area is 241 Å². The van der Waals surface area contributed by atoms with Crippen LogP contribution in [0.3, 0.4) is 0 Å². The van der Waals surface area contributed by atoms with Gasteiger partial charge in [0.25, 0.3) is 0 Å². The smallest absolute Gasteiger partial charge is 0.231 e. The largest absolute Gasteiger partial charge is 0.369 e. The first-order valence-electron chi connectivity index (χ1n) is 14.3. The SMILES string of the molecule is COP(OC)c1ccccc1Nc1nc(Nc2ccc(N3CCC(N4CCCCC4)CC3)c(F)c2)nc2[nH]ccc12. The van der Waals surface area contributed by atoms with Gasteiger partial charge < -0.3 is 34.5 Å². The molecule has 2 aromatic heterocycles. The fourth-order valence-electron chi connectivity index (χ4n) is 5.96. The van der Waals surface area contributed by atoms with Crippen molar-refractivity contribution in [2.24, 2.45) is 0 Å². The van der Waals surface area contributed by atoms with Crippen LogP contribution >= 0.6 is 8.38 Å². The van der Waals surface area contributed by atoms with Crippen molar-refractivity contribution in [2.75, 3.05) is 55.9 Å². The average molecular weight is 578 g/mol. The zero-order chi connectivity index (χ0) is 28.2. The van der Waals surface area contributed by atoms with Crippen LogP contribution < -0.4 is 20.8 Å². The van der Waals surface area contributed by atoms with E-state index >= 15 is 4.39 Å². The number of nitrogens with one attached hydrogen (secondary N) is 3. The van der Waals surface area contributed by atoms with E-state index in [2.05, 4.69) is 30.4 Å². The number of rotatable bonds is 9. The molecule has 9 nitrogen and oxygen atoms in total. The zero-order valence-electron chi connectivity index (χ0n) is 23.6. The minimum absolute atomic E-state index is 0.243. The molecule has 0 atom stereocenters. The normalized spacial score (nSPS) is 16.9. The Balaban J connectivity index is 1.18. The minimum atomic E-state index is -1.24. The molecule has 0 radical (unpaired) electrons. The first-order chi connectivity index (χ1) is 20.1. The summed E-state index contributed by atoms with van der Waals surface area (Å²) in [5.74, 6) is 0.726. The molecule has 2 aromatic carbocycles. The second-order valence-electron chi connectivity index (χ2n) is 10.5. The number of fused-ring (bicyclic) bond motifs is 1. The summed E-state index contributed by atoms with van der Waals surface area (Å²) >= 11 is 0. The fourth-order valence-corrected chi connectivity index (χ4v) is 7.03. The van der Waals surface area contributed by atoms with Gasteiger partial charge in [0.15, 0.2) is 0 Å². The van der Waals surface area contributed by atoms with Crippen LogP contribution in [0.2, 0.25) is 0 Å². The van der Waals surface area contributed by atoms with Gasteiger partial charge in [-0.1, -0.05) is 18.6 Å². The average Bonchev–Trinajstić information content (AvgIpc) is 3.48. The number of hydrogen-bond acceptors (Lipinski definition) is 8. The van der Waals surface area contributed by atoms with Gasteiger partial charge in [-0.15, -0.1) is 0 Å². The quantitative estimate of drug-likeness (QED) is 0.201. The predicted molar refractivity (Wildman–Crippen MR) is 165 cm³/mol. The number of halogens is 1. The summed E-state index contributed by atoms with van der Waals surface area (Å²) in [4.78, 5) is 17.3. The van der Waals surface area contributed by atoms with Crippen molar-refractivity contribution in [1.82, 2.24) is 19.9 Å². The molecule has 0 spiro atoms. The molecule has 41 heavy (non-hydrogen) atoms. The molecule has 0 saturated carbocycles. The number of para-hydroxylation sites is 1. The number of H-pyrrole nitrogens is 1.